The standard InChI is InChI=1S/C17H20ClN3O/c1-3-21(4-2)16-10-8-14(9-11-16)19-17(22)20-15-7-5-6-13(18)12-15/h5-12H,3-4H2,1-2H3,(H2,19,20,22). The van der Waals surface area contributed by atoms with E-state index in [0.717, 1.165) is 24.5 Å². The Morgan fingerprint density at radius 3 is 2.23 bits per heavy atom. The van der Waals surface area contributed by atoms with E-state index in [1.807, 2.05) is 24.3 Å². The number of hydrogen-bond donors (Lipinski definition) is 2. The van der Waals surface area contributed by atoms with Gasteiger partial charge in [0, 0.05) is 35.2 Å². The summed E-state index contributed by atoms with van der Waals surface area (Å²) in [7, 11) is 0. The van der Waals surface area contributed by atoms with E-state index in [4.69, 9.17) is 11.6 Å². The van der Waals surface area contributed by atoms with Gasteiger partial charge in [0.05, 0.1) is 0 Å². The monoisotopic (exact) mass is 317 g/mol. The second-order valence-electron chi connectivity index (χ2n) is 4.81. The van der Waals surface area contributed by atoms with Crippen LogP contribution < -0.4 is 15.5 Å². The normalized spacial score (nSPS) is 10.1. The molecule has 2 aromatic carbocycles. The molecule has 5 heteroatoms. The van der Waals surface area contributed by atoms with Gasteiger partial charge in [-0.15, -0.1) is 0 Å². The van der Waals surface area contributed by atoms with Crippen molar-refractivity contribution in [3.05, 3.63) is 53.6 Å². The van der Waals surface area contributed by atoms with Crippen molar-refractivity contribution in [3.63, 3.8) is 0 Å². The third-order valence-electron chi connectivity index (χ3n) is 3.34. The molecule has 0 aliphatic heterocycles. The number of nitrogens with one attached hydrogen (secondary N) is 2. The lowest BCUT2D eigenvalue weighted by molar-refractivity contribution is 0.262. The second-order valence-corrected chi connectivity index (χ2v) is 5.25. The summed E-state index contributed by atoms with van der Waals surface area (Å²) in [6, 6.07) is 14.5. The van der Waals surface area contributed by atoms with Gasteiger partial charge in [-0.05, 0) is 56.3 Å². The molecule has 0 bridgehead atoms. The lowest BCUT2D eigenvalue weighted by atomic mass is 10.2. The molecule has 0 aliphatic rings. The molecule has 0 spiro atoms. The second kappa shape index (κ2) is 7.71. The Morgan fingerprint density at radius 1 is 1.00 bits per heavy atom. The Hall–Kier alpha value is -2.20. The van der Waals surface area contributed by atoms with Crippen LogP contribution in [0.15, 0.2) is 48.5 Å². The van der Waals surface area contributed by atoms with Crippen molar-refractivity contribution in [1.29, 1.82) is 0 Å². The topological polar surface area (TPSA) is 44.4 Å². The van der Waals surface area contributed by atoms with Gasteiger partial charge in [-0.25, -0.2) is 4.79 Å². The largest absolute Gasteiger partial charge is 0.372 e. The molecule has 0 saturated heterocycles. The quantitative estimate of drug-likeness (QED) is 0.829. The molecule has 22 heavy (non-hydrogen) atoms. The minimum atomic E-state index is -0.294. The zero-order valence-electron chi connectivity index (χ0n) is 12.8. The third-order valence-corrected chi connectivity index (χ3v) is 3.57. The Kier molecular flexibility index (Phi) is 5.67. The zero-order valence-corrected chi connectivity index (χ0v) is 13.5. The summed E-state index contributed by atoms with van der Waals surface area (Å²) in [6.07, 6.45) is 0. The van der Waals surface area contributed by atoms with Gasteiger partial charge in [-0.1, -0.05) is 17.7 Å². The van der Waals surface area contributed by atoms with E-state index in [-0.39, 0.29) is 6.03 Å². The van der Waals surface area contributed by atoms with Gasteiger partial charge in [0.2, 0.25) is 0 Å². The van der Waals surface area contributed by atoms with Crippen LogP contribution in [0.1, 0.15) is 13.8 Å². The Bertz CT molecular complexity index is 624. The summed E-state index contributed by atoms with van der Waals surface area (Å²) in [5.74, 6) is 0. The summed E-state index contributed by atoms with van der Waals surface area (Å²) in [5.41, 5.74) is 2.55. The van der Waals surface area contributed by atoms with Crippen LogP contribution in [0.25, 0.3) is 0 Å². The Morgan fingerprint density at radius 2 is 1.64 bits per heavy atom. The summed E-state index contributed by atoms with van der Waals surface area (Å²) in [4.78, 5) is 14.2. The molecule has 2 N–H and O–H groups in total. The molecular weight excluding hydrogens is 298 g/mol. The number of rotatable bonds is 5. The number of carbonyl (C=O) groups excluding carboxylic acids is 1. The molecule has 4 nitrogen and oxygen atoms in total. The fourth-order valence-electron chi connectivity index (χ4n) is 2.20. The van der Waals surface area contributed by atoms with E-state index in [2.05, 4.69) is 29.4 Å². The molecule has 116 valence electrons. The number of urea groups is 1. The number of benzene rings is 2. The van der Waals surface area contributed by atoms with Crippen molar-refractivity contribution in [1.82, 2.24) is 0 Å². The van der Waals surface area contributed by atoms with Crippen LogP contribution in [0.4, 0.5) is 21.9 Å². The molecule has 2 rings (SSSR count). The molecule has 0 heterocycles. The molecule has 2 amide bonds. The summed E-state index contributed by atoms with van der Waals surface area (Å²) >= 11 is 5.89. The van der Waals surface area contributed by atoms with Gasteiger partial charge in [-0.3, -0.25) is 0 Å². The minimum Gasteiger partial charge on any atom is -0.372 e. The molecule has 0 radical (unpaired) electrons. The number of amides is 2. The fourth-order valence-corrected chi connectivity index (χ4v) is 2.39. The first-order valence-corrected chi connectivity index (χ1v) is 7.68. The van der Waals surface area contributed by atoms with E-state index in [9.17, 15) is 4.79 Å². The number of anilines is 3. The van der Waals surface area contributed by atoms with Crippen LogP contribution in [0.2, 0.25) is 5.02 Å². The van der Waals surface area contributed by atoms with Crippen LogP contribution in [0, 0.1) is 0 Å². The molecule has 0 atom stereocenters. The van der Waals surface area contributed by atoms with E-state index in [1.165, 1.54) is 0 Å². The SMILES string of the molecule is CCN(CC)c1ccc(NC(=O)Nc2cccc(Cl)c2)cc1. The predicted molar refractivity (Wildman–Crippen MR) is 94.1 cm³/mol. The van der Waals surface area contributed by atoms with Crippen LogP contribution in [-0.4, -0.2) is 19.1 Å². The van der Waals surface area contributed by atoms with E-state index in [1.54, 1.807) is 24.3 Å². The van der Waals surface area contributed by atoms with Crippen LogP contribution >= 0.6 is 11.6 Å². The highest BCUT2D eigenvalue weighted by Crippen LogP contribution is 2.18. The van der Waals surface area contributed by atoms with Gasteiger partial charge in [0.25, 0.3) is 0 Å². The number of nitrogens with zero attached hydrogens (tertiary/aromatic N) is 1. The maximum atomic E-state index is 11.9. The Balaban J connectivity index is 1.97. The van der Waals surface area contributed by atoms with Crippen molar-refractivity contribution in [2.75, 3.05) is 28.6 Å². The van der Waals surface area contributed by atoms with Gasteiger partial charge in [0.1, 0.15) is 0 Å². The first-order chi connectivity index (χ1) is 10.6. The molecule has 0 aliphatic carbocycles. The van der Waals surface area contributed by atoms with Gasteiger partial charge < -0.3 is 15.5 Å². The minimum absolute atomic E-state index is 0.294. The molecular formula is C17H20ClN3O. The van der Waals surface area contributed by atoms with Crippen molar-refractivity contribution in [3.8, 4) is 0 Å². The van der Waals surface area contributed by atoms with Gasteiger partial charge >= 0.3 is 6.03 Å². The highest BCUT2D eigenvalue weighted by atomic mass is 35.5. The highest BCUT2D eigenvalue weighted by molar-refractivity contribution is 6.30. The average molecular weight is 318 g/mol. The molecule has 2 aromatic rings. The molecule has 0 saturated carbocycles. The van der Waals surface area contributed by atoms with Crippen LogP contribution in [0.3, 0.4) is 0 Å². The van der Waals surface area contributed by atoms with Gasteiger partial charge in [0.15, 0.2) is 0 Å². The summed E-state index contributed by atoms with van der Waals surface area (Å²) < 4.78 is 0. The smallest absolute Gasteiger partial charge is 0.323 e. The van der Waals surface area contributed by atoms with Crippen molar-refractivity contribution < 1.29 is 4.79 Å². The van der Waals surface area contributed by atoms with Crippen LogP contribution in [0.5, 0.6) is 0 Å². The average Bonchev–Trinajstić information content (AvgIpc) is 2.50. The highest BCUT2D eigenvalue weighted by Gasteiger charge is 2.05. The lowest BCUT2D eigenvalue weighted by Gasteiger charge is -2.21. The third kappa shape index (κ3) is 4.40. The molecule has 0 unspecified atom stereocenters. The zero-order chi connectivity index (χ0) is 15.9. The van der Waals surface area contributed by atoms with Crippen LogP contribution in [-0.2, 0) is 0 Å². The summed E-state index contributed by atoms with van der Waals surface area (Å²) in [6.45, 7) is 6.15. The maximum Gasteiger partial charge on any atom is 0.323 e. The lowest BCUT2D eigenvalue weighted by Crippen LogP contribution is -2.22. The van der Waals surface area contributed by atoms with E-state index >= 15 is 0 Å². The first kappa shape index (κ1) is 16.2. The maximum absolute atomic E-state index is 11.9. The number of carbonyl (C=O) groups is 1. The molecule has 0 aromatic heterocycles. The van der Waals surface area contributed by atoms with Gasteiger partial charge in [-0.2, -0.15) is 0 Å². The Labute approximate surface area is 136 Å². The van der Waals surface area contributed by atoms with Crippen molar-refractivity contribution >= 4 is 34.7 Å². The molecule has 0 fully saturated rings. The van der Waals surface area contributed by atoms with E-state index < -0.39 is 0 Å². The summed E-state index contributed by atoms with van der Waals surface area (Å²) in [5, 5.41) is 6.13. The number of hydrogen-bond acceptors (Lipinski definition) is 2. The predicted octanol–water partition coefficient (Wildman–Crippen LogP) is 4.83. The van der Waals surface area contributed by atoms with E-state index in [0.29, 0.717) is 10.7 Å². The number of halogens is 1. The fraction of sp³-hybridized carbons (Fsp3) is 0.235. The first-order valence-electron chi connectivity index (χ1n) is 7.31. The van der Waals surface area contributed by atoms with Crippen molar-refractivity contribution in [2.24, 2.45) is 0 Å². The van der Waals surface area contributed by atoms with Crippen molar-refractivity contribution in [2.45, 2.75) is 13.8 Å².